The molecule has 0 aromatic rings. The van der Waals surface area contributed by atoms with Crippen molar-refractivity contribution in [2.75, 3.05) is 0 Å². The Hall–Kier alpha value is -1.06. The molecule has 1 fully saturated rings. The van der Waals surface area contributed by atoms with Gasteiger partial charge in [-0.1, -0.05) is 13.8 Å². The van der Waals surface area contributed by atoms with Gasteiger partial charge in [0.05, 0.1) is 0 Å². The predicted octanol–water partition coefficient (Wildman–Crippen LogP) is 2.27. The lowest BCUT2D eigenvalue weighted by Gasteiger charge is -2.28. The zero-order valence-electron chi connectivity index (χ0n) is 10.7. The highest BCUT2D eigenvalue weighted by Gasteiger charge is 2.43. The van der Waals surface area contributed by atoms with Gasteiger partial charge < -0.3 is 10.1 Å². The Morgan fingerprint density at radius 1 is 1.44 bits per heavy atom. The van der Waals surface area contributed by atoms with E-state index in [1.165, 1.54) is 0 Å². The van der Waals surface area contributed by atoms with Crippen molar-refractivity contribution < 1.29 is 14.3 Å². The molecule has 4 heteroatoms. The summed E-state index contributed by atoms with van der Waals surface area (Å²) in [4.78, 5) is 23.1. The summed E-state index contributed by atoms with van der Waals surface area (Å²) in [7, 11) is 0. The van der Waals surface area contributed by atoms with Crippen molar-refractivity contribution in [1.82, 2.24) is 5.32 Å². The number of amides is 1. The molecule has 0 aliphatic heterocycles. The highest BCUT2D eigenvalue weighted by molar-refractivity contribution is 5.88. The normalized spacial score (nSPS) is 24.3. The Balaban J connectivity index is 2.56. The molecular formula is C12H21NO3. The summed E-state index contributed by atoms with van der Waals surface area (Å²) < 4.78 is 5.17. The molecule has 1 unspecified atom stereocenters. The van der Waals surface area contributed by atoms with Crippen molar-refractivity contribution in [3.8, 4) is 0 Å². The summed E-state index contributed by atoms with van der Waals surface area (Å²) in [5.74, 6) is 0.202. The fourth-order valence-corrected chi connectivity index (χ4v) is 1.86. The molecule has 1 atom stereocenters. The molecule has 0 bridgehead atoms. The molecule has 0 aromatic heterocycles. The zero-order chi connectivity index (χ0) is 12.6. The van der Waals surface area contributed by atoms with Crippen LogP contribution < -0.4 is 5.32 Å². The number of ether oxygens (including phenoxy) is 1. The molecule has 1 aliphatic carbocycles. The summed E-state index contributed by atoms with van der Waals surface area (Å²) in [5.41, 5.74) is -0.978. The first-order chi connectivity index (χ1) is 7.13. The average molecular weight is 227 g/mol. The van der Waals surface area contributed by atoms with E-state index in [9.17, 15) is 9.59 Å². The minimum Gasteiger partial charge on any atom is -0.444 e. The fraction of sp³-hybridized carbons (Fsp3) is 0.833. The first kappa shape index (κ1) is 13.0. The van der Waals surface area contributed by atoms with Crippen molar-refractivity contribution in [2.24, 2.45) is 5.41 Å². The van der Waals surface area contributed by atoms with Crippen molar-refractivity contribution in [1.29, 1.82) is 0 Å². The maximum Gasteiger partial charge on any atom is 0.407 e. The summed E-state index contributed by atoms with van der Waals surface area (Å²) in [6.07, 6.45) is 0.790. The van der Waals surface area contributed by atoms with E-state index < -0.39 is 17.1 Å². The van der Waals surface area contributed by atoms with E-state index in [1.807, 2.05) is 34.6 Å². The summed E-state index contributed by atoms with van der Waals surface area (Å²) >= 11 is 0. The standard InChI is InChI=1S/C12H21NO3/c1-11(2,3)16-10(15)13-8-6-7-9(14)12(8,4)5/h8H,6-7H2,1-5H3,(H,13,15). The number of ketones is 1. The molecule has 16 heavy (non-hydrogen) atoms. The van der Waals surface area contributed by atoms with Gasteiger partial charge in [0.25, 0.3) is 0 Å². The van der Waals surface area contributed by atoms with Gasteiger partial charge in [-0.3, -0.25) is 4.79 Å². The molecule has 0 heterocycles. The van der Waals surface area contributed by atoms with Crippen LogP contribution in [0.3, 0.4) is 0 Å². The number of hydrogen-bond donors (Lipinski definition) is 1. The molecule has 1 amide bonds. The monoisotopic (exact) mass is 227 g/mol. The Morgan fingerprint density at radius 3 is 2.38 bits per heavy atom. The van der Waals surface area contributed by atoms with Crippen molar-refractivity contribution in [3.05, 3.63) is 0 Å². The molecule has 92 valence electrons. The fourth-order valence-electron chi connectivity index (χ4n) is 1.86. The molecule has 1 N–H and O–H groups in total. The lowest BCUT2D eigenvalue weighted by Crippen LogP contribution is -2.45. The lowest BCUT2D eigenvalue weighted by molar-refractivity contribution is -0.124. The van der Waals surface area contributed by atoms with Gasteiger partial charge >= 0.3 is 6.09 Å². The van der Waals surface area contributed by atoms with E-state index in [4.69, 9.17) is 4.74 Å². The van der Waals surface area contributed by atoms with Gasteiger partial charge in [0.1, 0.15) is 11.4 Å². The van der Waals surface area contributed by atoms with E-state index in [1.54, 1.807) is 0 Å². The molecule has 1 aliphatic rings. The Kier molecular flexibility index (Phi) is 3.31. The topological polar surface area (TPSA) is 55.4 Å². The molecule has 0 spiro atoms. The first-order valence-electron chi connectivity index (χ1n) is 5.66. The van der Waals surface area contributed by atoms with Gasteiger partial charge in [-0.2, -0.15) is 0 Å². The molecule has 1 saturated carbocycles. The van der Waals surface area contributed by atoms with Crippen LogP contribution in [-0.4, -0.2) is 23.5 Å². The lowest BCUT2D eigenvalue weighted by atomic mass is 9.86. The van der Waals surface area contributed by atoms with Crippen LogP contribution in [0.15, 0.2) is 0 Å². The minimum atomic E-state index is -0.503. The van der Waals surface area contributed by atoms with Crippen LogP contribution in [-0.2, 0) is 9.53 Å². The SMILES string of the molecule is CC(C)(C)OC(=O)NC1CCC(=O)C1(C)C. The van der Waals surface area contributed by atoms with Crippen molar-refractivity contribution in [2.45, 2.75) is 59.1 Å². The van der Waals surface area contributed by atoms with Gasteiger partial charge in [0, 0.05) is 17.9 Å². The van der Waals surface area contributed by atoms with Crippen LogP contribution in [0.1, 0.15) is 47.5 Å². The smallest absolute Gasteiger partial charge is 0.407 e. The van der Waals surface area contributed by atoms with Crippen LogP contribution in [0.2, 0.25) is 0 Å². The van der Waals surface area contributed by atoms with Crippen molar-refractivity contribution in [3.63, 3.8) is 0 Å². The van der Waals surface area contributed by atoms with Crippen LogP contribution in [0, 0.1) is 5.41 Å². The third-order valence-electron chi connectivity index (χ3n) is 2.94. The highest BCUT2D eigenvalue weighted by Crippen LogP contribution is 2.34. The quantitative estimate of drug-likeness (QED) is 0.747. The van der Waals surface area contributed by atoms with Crippen LogP contribution in [0.5, 0.6) is 0 Å². The molecular weight excluding hydrogens is 206 g/mol. The van der Waals surface area contributed by atoms with E-state index in [-0.39, 0.29) is 11.8 Å². The maximum absolute atomic E-state index is 11.6. The predicted molar refractivity (Wildman–Crippen MR) is 61.2 cm³/mol. The molecule has 0 saturated heterocycles. The number of Topliss-reactive ketones (excluding diaryl/α,β-unsaturated/α-hetero) is 1. The molecule has 4 nitrogen and oxygen atoms in total. The summed E-state index contributed by atoms with van der Waals surface area (Å²) in [5, 5.41) is 2.77. The third-order valence-corrected chi connectivity index (χ3v) is 2.94. The number of alkyl carbamates (subject to hydrolysis) is 1. The Bertz CT molecular complexity index is 302. The minimum absolute atomic E-state index is 0.116. The van der Waals surface area contributed by atoms with E-state index in [0.29, 0.717) is 12.8 Å². The van der Waals surface area contributed by atoms with Gasteiger partial charge in [-0.25, -0.2) is 4.79 Å². The van der Waals surface area contributed by atoms with E-state index in [2.05, 4.69) is 5.32 Å². The van der Waals surface area contributed by atoms with Crippen molar-refractivity contribution >= 4 is 11.9 Å². The third kappa shape index (κ3) is 2.97. The van der Waals surface area contributed by atoms with Crippen LogP contribution >= 0.6 is 0 Å². The zero-order valence-corrected chi connectivity index (χ0v) is 10.7. The van der Waals surface area contributed by atoms with Gasteiger partial charge in [0.2, 0.25) is 0 Å². The van der Waals surface area contributed by atoms with Crippen LogP contribution in [0.25, 0.3) is 0 Å². The molecule has 0 radical (unpaired) electrons. The maximum atomic E-state index is 11.6. The van der Waals surface area contributed by atoms with Crippen LogP contribution in [0.4, 0.5) is 4.79 Å². The summed E-state index contributed by atoms with van der Waals surface area (Å²) in [6.45, 7) is 9.18. The second kappa shape index (κ2) is 4.07. The van der Waals surface area contributed by atoms with Gasteiger partial charge in [-0.15, -0.1) is 0 Å². The molecule has 1 rings (SSSR count). The Labute approximate surface area is 96.7 Å². The Morgan fingerprint density at radius 2 is 2.00 bits per heavy atom. The second-order valence-electron chi connectivity index (χ2n) is 5.88. The number of nitrogens with one attached hydrogen (secondary N) is 1. The van der Waals surface area contributed by atoms with E-state index in [0.717, 1.165) is 0 Å². The summed E-state index contributed by atoms with van der Waals surface area (Å²) in [6, 6.07) is -0.116. The second-order valence-corrected chi connectivity index (χ2v) is 5.88. The number of rotatable bonds is 1. The van der Waals surface area contributed by atoms with Gasteiger partial charge in [0.15, 0.2) is 0 Å². The number of carbonyl (C=O) groups is 2. The number of carbonyl (C=O) groups excluding carboxylic acids is 2. The van der Waals surface area contributed by atoms with E-state index >= 15 is 0 Å². The van der Waals surface area contributed by atoms with Gasteiger partial charge in [-0.05, 0) is 27.2 Å². The average Bonchev–Trinajstić information content (AvgIpc) is 2.28. The first-order valence-corrected chi connectivity index (χ1v) is 5.66. The molecule has 0 aromatic carbocycles. The largest absolute Gasteiger partial charge is 0.444 e. The highest BCUT2D eigenvalue weighted by atomic mass is 16.6. The number of hydrogen-bond acceptors (Lipinski definition) is 3.